The van der Waals surface area contributed by atoms with E-state index >= 15 is 0 Å². The van der Waals surface area contributed by atoms with Gasteiger partial charge in [-0.05, 0) is 39.8 Å². The van der Waals surface area contributed by atoms with E-state index in [4.69, 9.17) is 23.7 Å². The molecule has 0 N–H and O–H groups in total. The van der Waals surface area contributed by atoms with Gasteiger partial charge in [-0.25, -0.2) is 0 Å². The van der Waals surface area contributed by atoms with Gasteiger partial charge in [0.25, 0.3) is 0 Å². The molecule has 4 unspecified atom stereocenters. The number of hydrogen-bond donors (Lipinski definition) is 0. The minimum Gasteiger partial charge on any atom is -0.495 e. The van der Waals surface area contributed by atoms with Crippen molar-refractivity contribution in [1.29, 1.82) is 0 Å². The van der Waals surface area contributed by atoms with Crippen molar-refractivity contribution >= 4 is 0 Å². The molecule has 5 heteroatoms. The van der Waals surface area contributed by atoms with E-state index in [1.165, 1.54) is 0 Å². The summed E-state index contributed by atoms with van der Waals surface area (Å²) in [6.07, 6.45) is 5.90. The third-order valence-corrected chi connectivity index (χ3v) is 3.96. The Morgan fingerprint density at radius 2 is 1.35 bits per heavy atom. The van der Waals surface area contributed by atoms with Crippen LogP contribution in [-0.2, 0) is 23.7 Å². The van der Waals surface area contributed by atoms with Crippen molar-refractivity contribution in [2.45, 2.75) is 51.1 Å². The molecule has 0 fully saturated rings. The van der Waals surface area contributed by atoms with Gasteiger partial charge in [0.2, 0.25) is 0 Å². The summed E-state index contributed by atoms with van der Waals surface area (Å²) in [5.74, 6) is 1.36. The number of rotatable bonds is 4. The molecule has 0 aromatic carbocycles. The number of hydrogen-bond acceptors (Lipinski definition) is 5. The lowest BCUT2D eigenvalue weighted by atomic mass is 9.94. The SMILES string of the molecule is C=CC1OC(C)=COCC1(C)OC1(C)COC=C(C)OC1C=C. The maximum absolute atomic E-state index is 6.46. The first-order valence-corrected chi connectivity index (χ1v) is 7.68. The van der Waals surface area contributed by atoms with Crippen LogP contribution >= 0.6 is 0 Å². The normalized spacial score (nSPS) is 37.4. The van der Waals surface area contributed by atoms with Crippen LogP contribution < -0.4 is 0 Å². The van der Waals surface area contributed by atoms with Gasteiger partial charge in [-0.1, -0.05) is 13.2 Å². The van der Waals surface area contributed by atoms with E-state index in [1.807, 2.05) is 27.7 Å². The van der Waals surface area contributed by atoms with E-state index in [1.54, 1.807) is 24.7 Å². The highest BCUT2D eigenvalue weighted by molar-refractivity contribution is 5.08. The smallest absolute Gasteiger partial charge is 0.148 e. The Hall–Kier alpha value is -1.88. The summed E-state index contributed by atoms with van der Waals surface area (Å²) in [4.78, 5) is 0. The molecule has 0 saturated heterocycles. The molecule has 2 rings (SSSR count). The van der Waals surface area contributed by atoms with Gasteiger partial charge in [-0.3, -0.25) is 0 Å². The zero-order valence-electron chi connectivity index (χ0n) is 14.3. The molecule has 5 nitrogen and oxygen atoms in total. The van der Waals surface area contributed by atoms with Crippen molar-refractivity contribution < 1.29 is 23.7 Å². The van der Waals surface area contributed by atoms with Crippen LogP contribution in [0, 0.1) is 0 Å². The lowest BCUT2D eigenvalue weighted by molar-refractivity contribution is -0.224. The summed E-state index contributed by atoms with van der Waals surface area (Å²) < 4.78 is 29.3. The van der Waals surface area contributed by atoms with Crippen LogP contribution in [-0.4, -0.2) is 36.6 Å². The van der Waals surface area contributed by atoms with Crippen LogP contribution in [0.5, 0.6) is 0 Å². The maximum Gasteiger partial charge on any atom is 0.148 e. The number of allylic oxidation sites excluding steroid dienone is 2. The molecule has 0 spiro atoms. The van der Waals surface area contributed by atoms with Crippen molar-refractivity contribution in [2.24, 2.45) is 0 Å². The summed E-state index contributed by atoms with van der Waals surface area (Å²) in [7, 11) is 0. The summed E-state index contributed by atoms with van der Waals surface area (Å²) in [5.41, 5.74) is -1.51. The fourth-order valence-corrected chi connectivity index (χ4v) is 2.82. The second-order valence-electron chi connectivity index (χ2n) is 6.35. The second kappa shape index (κ2) is 6.71. The van der Waals surface area contributed by atoms with Crippen molar-refractivity contribution in [2.75, 3.05) is 13.2 Å². The van der Waals surface area contributed by atoms with Crippen LogP contribution in [0.4, 0.5) is 0 Å². The molecule has 128 valence electrons. The third kappa shape index (κ3) is 3.72. The third-order valence-electron chi connectivity index (χ3n) is 3.96. The predicted octanol–water partition coefficient (Wildman–Crippen LogP) is 3.45. The molecule has 0 amide bonds. The first-order valence-electron chi connectivity index (χ1n) is 7.68. The first kappa shape index (κ1) is 17.5. The number of ether oxygens (including phenoxy) is 5. The molecular weight excluding hydrogens is 296 g/mol. The predicted molar refractivity (Wildman–Crippen MR) is 87.5 cm³/mol. The largest absolute Gasteiger partial charge is 0.495 e. The second-order valence-corrected chi connectivity index (χ2v) is 6.35. The summed E-state index contributed by atoms with van der Waals surface area (Å²) in [6.45, 7) is 15.9. The molecule has 0 aromatic heterocycles. The molecule has 0 aromatic rings. The van der Waals surface area contributed by atoms with Gasteiger partial charge in [0.05, 0.1) is 0 Å². The lowest BCUT2D eigenvalue weighted by Gasteiger charge is -2.43. The molecule has 4 atom stereocenters. The summed E-state index contributed by atoms with van der Waals surface area (Å²) >= 11 is 0. The molecule has 2 aliphatic rings. The minimum absolute atomic E-state index is 0.326. The van der Waals surface area contributed by atoms with Crippen molar-refractivity contribution in [3.05, 3.63) is 49.4 Å². The standard InChI is InChI=1S/C18H26O5/c1-7-15-17(5,11-19-9-13(3)21-15)23-18(6)12-20-10-14(4)22-16(18)8-2/h7-10,15-16H,1-2,11-12H2,3-6H3. The molecule has 0 saturated carbocycles. The van der Waals surface area contributed by atoms with Gasteiger partial charge in [0.15, 0.2) is 0 Å². The Balaban J connectivity index is 2.26. The van der Waals surface area contributed by atoms with Crippen molar-refractivity contribution in [3.63, 3.8) is 0 Å². The van der Waals surface area contributed by atoms with E-state index in [0.29, 0.717) is 24.7 Å². The monoisotopic (exact) mass is 322 g/mol. The molecule has 0 bridgehead atoms. The Kier molecular flexibility index (Phi) is 5.09. The Morgan fingerprint density at radius 1 is 0.957 bits per heavy atom. The first-order chi connectivity index (χ1) is 10.8. The van der Waals surface area contributed by atoms with Gasteiger partial charge in [-0.15, -0.1) is 0 Å². The highest BCUT2D eigenvalue weighted by Crippen LogP contribution is 2.35. The summed E-state index contributed by atoms with van der Waals surface area (Å²) in [5, 5.41) is 0. The van der Waals surface area contributed by atoms with Crippen LogP contribution in [0.25, 0.3) is 0 Å². The Morgan fingerprint density at radius 3 is 1.70 bits per heavy atom. The average Bonchev–Trinajstić information content (AvgIpc) is 2.71. The van der Waals surface area contributed by atoms with Crippen molar-refractivity contribution in [1.82, 2.24) is 0 Å². The molecular formula is C18H26O5. The highest BCUT2D eigenvalue weighted by atomic mass is 16.6. The maximum atomic E-state index is 6.46. The zero-order valence-corrected chi connectivity index (χ0v) is 14.3. The fourth-order valence-electron chi connectivity index (χ4n) is 2.82. The molecule has 2 aliphatic heterocycles. The minimum atomic E-state index is -0.753. The van der Waals surface area contributed by atoms with E-state index in [0.717, 1.165) is 0 Å². The quantitative estimate of drug-likeness (QED) is 0.742. The molecule has 0 radical (unpaired) electrons. The van der Waals surface area contributed by atoms with Gasteiger partial charge in [-0.2, -0.15) is 0 Å². The summed E-state index contributed by atoms with van der Waals surface area (Å²) in [6, 6.07) is 0. The van der Waals surface area contributed by atoms with Crippen LogP contribution in [0.15, 0.2) is 49.4 Å². The molecule has 0 aliphatic carbocycles. The van der Waals surface area contributed by atoms with E-state index < -0.39 is 11.2 Å². The molecule has 23 heavy (non-hydrogen) atoms. The zero-order chi connectivity index (χ0) is 17.1. The van der Waals surface area contributed by atoms with E-state index in [-0.39, 0.29) is 12.2 Å². The Labute approximate surface area is 138 Å². The van der Waals surface area contributed by atoms with Crippen LogP contribution in [0.3, 0.4) is 0 Å². The lowest BCUT2D eigenvalue weighted by Crippen LogP contribution is -2.56. The van der Waals surface area contributed by atoms with Crippen molar-refractivity contribution in [3.8, 4) is 0 Å². The van der Waals surface area contributed by atoms with Gasteiger partial charge < -0.3 is 23.7 Å². The van der Waals surface area contributed by atoms with E-state index in [2.05, 4.69) is 13.2 Å². The Bertz CT molecular complexity index is 478. The average molecular weight is 322 g/mol. The topological polar surface area (TPSA) is 46.2 Å². The highest BCUT2D eigenvalue weighted by Gasteiger charge is 2.48. The van der Waals surface area contributed by atoms with Gasteiger partial charge in [0.1, 0.15) is 60.7 Å². The van der Waals surface area contributed by atoms with E-state index in [9.17, 15) is 0 Å². The van der Waals surface area contributed by atoms with Gasteiger partial charge in [0, 0.05) is 0 Å². The molecule has 2 heterocycles. The fraction of sp³-hybridized carbons (Fsp3) is 0.556. The van der Waals surface area contributed by atoms with Gasteiger partial charge >= 0.3 is 0 Å². The van der Waals surface area contributed by atoms with Crippen LogP contribution in [0.1, 0.15) is 27.7 Å². The van der Waals surface area contributed by atoms with Crippen LogP contribution in [0.2, 0.25) is 0 Å².